The van der Waals surface area contributed by atoms with Crippen molar-refractivity contribution < 1.29 is 23.5 Å². The summed E-state index contributed by atoms with van der Waals surface area (Å²) >= 11 is 0. The largest absolute Gasteiger partial charge is 0.497 e. The average molecular weight is 603 g/mol. The van der Waals surface area contributed by atoms with Crippen LogP contribution in [0.4, 0.5) is 10.5 Å². The van der Waals surface area contributed by atoms with Gasteiger partial charge in [0, 0.05) is 56.3 Å². The molecule has 1 saturated carbocycles. The van der Waals surface area contributed by atoms with Crippen LogP contribution in [0.2, 0.25) is 0 Å². The van der Waals surface area contributed by atoms with E-state index >= 15 is 0 Å². The van der Waals surface area contributed by atoms with E-state index in [-0.39, 0.29) is 24.0 Å². The van der Waals surface area contributed by atoms with Gasteiger partial charge in [0.2, 0.25) is 0 Å². The molecule has 4 atom stereocenters. The van der Waals surface area contributed by atoms with Crippen molar-refractivity contribution in [1.29, 1.82) is 0 Å². The van der Waals surface area contributed by atoms with Crippen LogP contribution in [-0.4, -0.2) is 87.0 Å². The predicted octanol–water partition coefficient (Wildman–Crippen LogP) is 5.05. The molecular weight excluding hydrogens is 554 g/mol. The average Bonchev–Trinajstić information content (AvgIpc) is 3.05. The normalized spacial score (nSPS) is 25.4. The van der Waals surface area contributed by atoms with Crippen LogP contribution >= 0.6 is 0 Å². The van der Waals surface area contributed by atoms with E-state index in [0.717, 1.165) is 85.6 Å². The number of hydrogen-bond donors (Lipinski definition) is 3. The number of amides is 2. The molecule has 0 aromatic heterocycles. The van der Waals surface area contributed by atoms with Gasteiger partial charge in [-0.05, 0) is 68.2 Å². The minimum Gasteiger partial charge on any atom is -0.497 e. The summed E-state index contributed by atoms with van der Waals surface area (Å²) in [5, 5.41) is 10.2. The molecule has 9 heteroatoms. The van der Waals surface area contributed by atoms with Crippen LogP contribution in [0.5, 0.6) is 5.75 Å². The maximum absolute atomic E-state index is 14.7. The Kier molecular flexibility index (Phi) is 10.3. The first-order valence-electron chi connectivity index (χ1n) is 15.9. The van der Waals surface area contributed by atoms with Gasteiger partial charge in [-0.1, -0.05) is 24.6 Å². The quantitative estimate of drug-likeness (QED) is 0.348. The van der Waals surface area contributed by atoms with E-state index in [4.69, 9.17) is 9.47 Å². The van der Waals surface area contributed by atoms with Crippen molar-refractivity contribution in [2.24, 2.45) is 0 Å². The monoisotopic (exact) mass is 602 g/mol. The number of allylic oxidation sites excluding steroid dienone is 1. The van der Waals surface area contributed by atoms with E-state index in [1.54, 1.807) is 7.11 Å². The summed E-state index contributed by atoms with van der Waals surface area (Å²) in [4.78, 5) is 29.1. The molecule has 2 fully saturated rings. The molecule has 236 valence electrons. The van der Waals surface area contributed by atoms with Gasteiger partial charge < -0.3 is 30.3 Å². The Morgan fingerprint density at radius 1 is 1.09 bits per heavy atom. The van der Waals surface area contributed by atoms with Crippen LogP contribution < -0.4 is 20.7 Å². The smallest absolute Gasteiger partial charge is 0.407 e. The summed E-state index contributed by atoms with van der Waals surface area (Å²) in [5.74, 6) is 0.953. The number of hydrogen-bond acceptors (Lipinski definition) is 6. The zero-order valence-electron chi connectivity index (χ0n) is 26.6. The van der Waals surface area contributed by atoms with Crippen LogP contribution in [0.1, 0.15) is 49.7 Å². The number of methoxy groups -OCH3 is 2. The highest BCUT2D eigenvalue weighted by atomic mass is 16.5. The molecule has 0 bridgehead atoms. The molecule has 2 aromatic rings. The van der Waals surface area contributed by atoms with Gasteiger partial charge >= 0.3 is 6.09 Å². The lowest BCUT2D eigenvalue weighted by molar-refractivity contribution is -0.818. The number of carbonyl (C=O) groups excluding carboxylic acids is 2. The zero-order valence-corrected chi connectivity index (χ0v) is 26.6. The van der Waals surface area contributed by atoms with Gasteiger partial charge in [-0.25, -0.2) is 4.79 Å². The second kappa shape index (κ2) is 14.3. The van der Waals surface area contributed by atoms with Crippen molar-refractivity contribution in [3.63, 3.8) is 0 Å². The molecule has 2 amide bonds. The lowest BCUT2D eigenvalue weighted by Gasteiger charge is -2.47. The lowest BCUT2D eigenvalue weighted by atomic mass is 9.85. The number of alkyl carbamates (subject to hydrolysis) is 1. The molecule has 1 aliphatic carbocycles. The fraction of sp³-hybridized carbons (Fsp3) is 0.486. The van der Waals surface area contributed by atoms with E-state index in [0.29, 0.717) is 17.4 Å². The van der Waals surface area contributed by atoms with Crippen LogP contribution in [0.15, 0.2) is 66.4 Å². The molecule has 2 aliphatic heterocycles. The van der Waals surface area contributed by atoms with Crippen LogP contribution in [0, 0.1) is 6.92 Å². The standard InChI is InChI=1S/C35H47N5O4/c1-25-23-28(43-3)16-17-30(25)37-19-18-27-24-36-20-21-39(27)34(41)29-13-10-22-40(2,33(29)26-11-6-5-7-12-26)32-15-9-8-14-31(32)38-35(42)44-4/h5-7,10-12,16-17,22-23,27,31-32,36-37H,8-9,13-15,18-21,24H2,1-4H3/p+1/t27-,31+,32+,40?/m1/s1. The number of quaternary nitrogens is 1. The second-order valence-corrected chi connectivity index (χ2v) is 12.3. The Balaban J connectivity index is 1.43. The SMILES string of the molecule is COC(=O)N[C@H]1CCCC[C@@H]1[N+]1(C)C=CCC(C(=O)N2CCNC[C@H]2CCNc2ccc(OC)cc2C)=C1c1ccccc1. The van der Waals surface area contributed by atoms with Gasteiger partial charge in [-0.2, -0.15) is 0 Å². The third-order valence-corrected chi connectivity index (χ3v) is 9.55. The Labute approximate surface area is 261 Å². The van der Waals surface area contributed by atoms with E-state index in [2.05, 4.69) is 59.2 Å². The Morgan fingerprint density at radius 3 is 2.64 bits per heavy atom. The van der Waals surface area contributed by atoms with E-state index in [9.17, 15) is 9.59 Å². The molecule has 9 nitrogen and oxygen atoms in total. The van der Waals surface area contributed by atoms with E-state index in [1.165, 1.54) is 7.11 Å². The number of piperazine rings is 1. The van der Waals surface area contributed by atoms with E-state index in [1.807, 2.05) is 36.4 Å². The Hall–Kier alpha value is -3.82. The molecule has 1 saturated heterocycles. The minimum atomic E-state index is -0.405. The topological polar surface area (TPSA) is 91.9 Å². The van der Waals surface area contributed by atoms with Gasteiger partial charge in [-0.15, -0.1) is 0 Å². The molecule has 0 radical (unpaired) electrons. The number of nitrogens with zero attached hydrogens (tertiary/aromatic N) is 2. The summed E-state index contributed by atoms with van der Waals surface area (Å²) < 4.78 is 10.8. The van der Waals surface area contributed by atoms with Gasteiger partial charge in [0.15, 0.2) is 5.70 Å². The van der Waals surface area contributed by atoms with E-state index < -0.39 is 6.09 Å². The Bertz CT molecular complexity index is 1380. The first-order valence-corrected chi connectivity index (χ1v) is 15.9. The first-order chi connectivity index (χ1) is 21.4. The fourth-order valence-electron chi connectivity index (χ4n) is 7.29. The molecule has 1 unspecified atom stereocenters. The summed E-state index contributed by atoms with van der Waals surface area (Å²) in [7, 11) is 5.29. The van der Waals surface area contributed by atoms with Gasteiger partial charge in [0.05, 0.1) is 39.1 Å². The van der Waals surface area contributed by atoms with Gasteiger partial charge in [-0.3, -0.25) is 9.28 Å². The van der Waals surface area contributed by atoms with Crippen molar-refractivity contribution in [3.05, 3.63) is 77.5 Å². The third-order valence-electron chi connectivity index (χ3n) is 9.55. The maximum atomic E-state index is 14.7. The minimum absolute atomic E-state index is 0.0570. The van der Waals surface area contributed by atoms with Crippen molar-refractivity contribution in [2.45, 2.75) is 63.6 Å². The molecule has 0 spiro atoms. The molecule has 5 rings (SSSR count). The van der Waals surface area contributed by atoms with Gasteiger partial charge in [0.1, 0.15) is 11.8 Å². The third kappa shape index (κ3) is 6.79. The summed E-state index contributed by atoms with van der Waals surface area (Å²) in [6.45, 7) is 5.03. The van der Waals surface area contributed by atoms with Crippen molar-refractivity contribution >= 4 is 23.4 Å². The van der Waals surface area contributed by atoms with Crippen molar-refractivity contribution in [3.8, 4) is 5.75 Å². The molecule has 2 aromatic carbocycles. The molecular formula is C35H48N5O4+. The van der Waals surface area contributed by atoms with Crippen molar-refractivity contribution in [1.82, 2.24) is 15.5 Å². The van der Waals surface area contributed by atoms with Crippen molar-refractivity contribution in [2.75, 3.05) is 52.8 Å². The number of anilines is 1. The number of likely N-dealkylation sites (N-methyl/N-ethyl adjacent to an activating group) is 1. The number of ether oxygens (including phenoxy) is 2. The predicted molar refractivity (Wildman–Crippen MR) is 174 cm³/mol. The zero-order chi connectivity index (χ0) is 31.1. The number of nitrogens with one attached hydrogen (secondary N) is 3. The summed E-state index contributed by atoms with van der Waals surface area (Å²) in [5.41, 5.74) is 5.13. The van der Waals surface area contributed by atoms with Crippen LogP contribution in [0.25, 0.3) is 5.70 Å². The molecule has 3 aliphatic rings. The van der Waals surface area contributed by atoms with Crippen LogP contribution in [0.3, 0.4) is 0 Å². The highest BCUT2D eigenvalue weighted by molar-refractivity contribution is 6.00. The Morgan fingerprint density at radius 2 is 1.89 bits per heavy atom. The lowest BCUT2D eigenvalue weighted by Crippen LogP contribution is -2.60. The maximum Gasteiger partial charge on any atom is 0.407 e. The fourth-order valence-corrected chi connectivity index (χ4v) is 7.29. The highest BCUT2D eigenvalue weighted by Gasteiger charge is 2.47. The highest BCUT2D eigenvalue weighted by Crippen LogP contribution is 2.42. The number of rotatable bonds is 9. The van der Waals surface area contributed by atoms with Crippen LogP contribution in [-0.2, 0) is 9.53 Å². The summed E-state index contributed by atoms with van der Waals surface area (Å²) in [6.07, 6.45) is 9.35. The molecule has 2 heterocycles. The molecule has 44 heavy (non-hydrogen) atoms. The molecule has 3 N–H and O–H groups in total. The first kappa shape index (κ1) is 31.6. The second-order valence-electron chi connectivity index (χ2n) is 12.3. The summed E-state index contributed by atoms with van der Waals surface area (Å²) in [6, 6.07) is 16.5. The number of carbonyl (C=O) groups is 2. The number of benzene rings is 2. The number of aryl methyl sites for hydroxylation is 1. The van der Waals surface area contributed by atoms with Gasteiger partial charge in [0.25, 0.3) is 5.91 Å².